The Kier molecular flexibility index (Phi) is 8.31. The van der Waals surface area contributed by atoms with Crippen LogP contribution in [-0.2, 0) is 14.8 Å². The van der Waals surface area contributed by atoms with Crippen LogP contribution in [0.4, 0.5) is 5.69 Å². The summed E-state index contributed by atoms with van der Waals surface area (Å²) in [6, 6.07) is 24.1. The van der Waals surface area contributed by atoms with Gasteiger partial charge in [0, 0.05) is 28.3 Å². The number of carbonyl (C=O) groups excluding carboxylic acids is 2. The topological polar surface area (TPSA) is 104 Å². The Balaban J connectivity index is 1.36. The minimum Gasteiger partial charge on any atom is -0.497 e. The van der Waals surface area contributed by atoms with Gasteiger partial charge in [0.15, 0.2) is 6.61 Å². The molecule has 0 fully saturated rings. The normalized spacial score (nSPS) is 11.4. The number of nitrogens with one attached hydrogen (secondary N) is 1. The Morgan fingerprint density at radius 1 is 0.923 bits per heavy atom. The molecule has 0 spiro atoms. The lowest BCUT2D eigenvalue weighted by atomic mass is 10.1. The number of sulfonamides is 1. The van der Waals surface area contributed by atoms with Gasteiger partial charge in [-0.1, -0.05) is 30.3 Å². The first-order valence-corrected chi connectivity index (χ1v) is 13.6. The molecule has 0 saturated heterocycles. The molecular formula is C30H28N2O6S. The zero-order valence-electron chi connectivity index (χ0n) is 21.7. The van der Waals surface area contributed by atoms with Crippen LogP contribution in [0.15, 0.2) is 90.3 Å². The van der Waals surface area contributed by atoms with E-state index >= 15 is 0 Å². The zero-order chi connectivity index (χ0) is 28.0. The van der Waals surface area contributed by atoms with E-state index in [1.165, 1.54) is 30.3 Å². The number of ether oxygens (including phenoxy) is 2. The highest BCUT2D eigenvalue weighted by Crippen LogP contribution is 2.23. The Morgan fingerprint density at radius 2 is 1.59 bits per heavy atom. The standard InChI is InChI=1S/C30H28N2O6S/c1-21-19-28(22(2)32(21)26-13-15-27(37-3)16-14-26)29(33)20-38-30(34)24-9-11-25(12-10-24)31-39(35,36)18-17-23-7-5-4-6-8-23/h4-19,31H,20H2,1-3H3/b18-17+. The van der Waals surface area contributed by atoms with Crippen molar-refractivity contribution in [3.05, 3.63) is 118 Å². The highest BCUT2D eigenvalue weighted by atomic mass is 32.2. The van der Waals surface area contributed by atoms with E-state index in [2.05, 4.69) is 4.72 Å². The van der Waals surface area contributed by atoms with E-state index < -0.39 is 22.6 Å². The fourth-order valence-electron chi connectivity index (χ4n) is 4.07. The van der Waals surface area contributed by atoms with Gasteiger partial charge in [-0.3, -0.25) is 9.52 Å². The highest BCUT2D eigenvalue weighted by Gasteiger charge is 2.19. The molecule has 0 atom stereocenters. The van der Waals surface area contributed by atoms with Gasteiger partial charge < -0.3 is 14.0 Å². The Morgan fingerprint density at radius 3 is 2.23 bits per heavy atom. The van der Waals surface area contributed by atoms with Crippen molar-refractivity contribution >= 4 is 33.5 Å². The number of Topliss-reactive ketones (excluding diaryl/α,β-unsaturated/α-hetero) is 1. The number of ketones is 1. The Bertz CT molecular complexity index is 1600. The van der Waals surface area contributed by atoms with E-state index in [4.69, 9.17) is 9.47 Å². The minimum absolute atomic E-state index is 0.189. The monoisotopic (exact) mass is 544 g/mol. The van der Waals surface area contributed by atoms with E-state index in [0.717, 1.165) is 33.8 Å². The number of aryl methyl sites for hydroxylation is 1. The summed E-state index contributed by atoms with van der Waals surface area (Å²) >= 11 is 0. The van der Waals surface area contributed by atoms with Crippen molar-refractivity contribution in [2.75, 3.05) is 18.4 Å². The molecule has 0 saturated carbocycles. The average molecular weight is 545 g/mol. The average Bonchev–Trinajstić information content (AvgIpc) is 3.24. The van der Waals surface area contributed by atoms with Crippen molar-refractivity contribution in [2.24, 2.45) is 0 Å². The molecule has 9 heteroatoms. The van der Waals surface area contributed by atoms with Crippen LogP contribution in [0.1, 0.15) is 37.7 Å². The number of benzene rings is 3. The van der Waals surface area contributed by atoms with Gasteiger partial charge in [0.1, 0.15) is 5.75 Å². The first kappa shape index (κ1) is 27.4. The molecule has 1 aromatic heterocycles. The number of methoxy groups -OCH3 is 1. The number of aromatic nitrogens is 1. The maximum Gasteiger partial charge on any atom is 0.338 e. The molecule has 0 radical (unpaired) electrons. The van der Waals surface area contributed by atoms with Crippen LogP contribution in [0.5, 0.6) is 5.75 Å². The summed E-state index contributed by atoms with van der Waals surface area (Å²) in [4.78, 5) is 25.4. The zero-order valence-corrected chi connectivity index (χ0v) is 22.6. The molecule has 3 aromatic carbocycles. The fourth-order valence-corrected chi connectivity index (χ4v) is 4.94. The van der Waals surface area contributed by atoms with E-state index in [9.17, 15) is 18.0 Å². The Hall–Kier alpha value is -4.63. The van der Waals surface area contributed by atoms with Gasteiger partial charge in [-0.25, -0.2) is 13.2 Å². The molecule has 39 heavy (non-hydrogen) atoms. The van der Waals surface area contributed by atoms with Crippen molar-refractivity contribution < 1.29 is 27.5 Å². The van der Waals surface area contributed by atoms with Gasteiger partial charge in [0.05, 0.1) is 18.1 Å². The van der Waals surface area contributed by atoms with E-state index in [1.807, 2.05) is 60.9 Å². The van der Waals surface area contributed by atoms with Crippen molar-refractivity contribution in [1.82, 2.24) is 4.57 Å². The molecule has 4 rings (SSSR count). The first-order valence-electron chi connectivity index (χ1n) is 12.1. The van der Waals surface area contributed by atoms with Crippen molar-refractivity contribution in [3.63, 3.8) is 0 Å². The molecule has 1 N–H and O–H groups in total. The summed E-state index contributed by atoms with van der Waals surface area (Å²) in [6.07, 6.45) is 1.49. The van der Waals surface area contributed by atoms with Crippen LogP contribution < -0.4 is 9.46 Å². The predicted octanol–water partition coefficient (Wildman–Crippen LogP) is 5.56. The number of carbonyl (C=O) groups is 2. The number of nitrogens with zero attached hydrogens (tertiary/aromatic N) is 1. The number of rotatable bonds is 10. The van der Waals surface area contributed by atoms with Crippen LogP contribution >= 0.6 is 0 Å². The Labute approximate surface area is 227 Å². The molecule has 0 aliphatic rings. The molecule has 0 unspecified atom stereocenters. The van der Waals surface area contributed by atoms with Gasteiger partial charge in [-0.2, -0.15) is 0 Å². The lowest BCUT2D eigenvalue weighted by molar-refractivity contribution is 0.0474. The molecule has 0 bridgehead atoms. The minimum atomic E-state index is -3.75. The quantitative estimate of drug-likeness (QED) is 0.207. The second-order valence-electron chi connectivity index (χ2n) is 8.76. The smallest absolute Gasteiger partial charge is 0.338 e. The van der Waals surface area contributed by atoms with Crippen LogP contribution in [-0.4, -0.2) is 38.5 Å². The SMILES string of the molecule is COc1ccc(-n2c(C)cc(C(=O)COC(=O)c3ccc(NS(=O)(=O)/C=C/c4ccccc4)cc3)c2C)cc1. The summed E-state index contributed by atoms with van der Waals surface area (Å²) in [7, 11) is -2.15. The lowest BCUT2D eigenvalue weighted by Crippen LogP contribution is -2.15. The van der Waals surface area contributed by atoms with Crippen LogP contribution in [0, 0.1) is 13.8 Å². The number of esters is 1. The van der Waals surface area contributed by atoms with Gasteiger partial charge in [0.25, 0.3) is 10.0 Å². The summed E-state index contributed by atoms with van der Waals surface area (Å²) in [6.45, 7) is 3.30. The fraction of sp³-hybridized carbons (Fsp3) is 0.133. The van der Waals surface area contributed by atoms with E-state index in [-0.39, 0.29) is 17.0 Å². The molecule has 0 aliphatic heterocycles. The third-order valence-corrected chi connectivity index (χ3v) is 7.03. The maximum absolute atomic E-state index is 12.9. The summed E-state index contributed by atoms with van der Waals surface area (Å²) in [5.41, 5.74) is 4.16. The largest absolute Gasteiger partial charge is 0.497 e. The number of hydrogen-bond donors (Lipinski definition) is 1. The highest BCUT2D eigenvalue weighted by molar-refractivity contribution is 7.95. The first-order chi connectivity index (χ1) is 18.7. The molecule has 0 amide bonds. The van der Waals surface area contributed by atoms with Gasteiger partial charge in [-0.15, -0.1) is 0 Å². The molecule has 4 aromatic rings. The van der Waals surface area contributed by atoms with Crippen molar-refractivity contribution in [3.8, 4) is 11.4 Å². The molecule has 0 aliphatic carbocycles. The molecule has 8 nitrogen and oxygen atoms in total. The third-order valence-electron chi connectivity index (χ3n) is 6.02. The second-order valence-corrected chi connectivity index (χ2v) is 10.3. The molecular weight excluding hydrogens is 516 g/mol. The maximum atomic E-state index is 12.9. The summed E-state index contributed by atoms with van der Waals surface area (Å²) in [5.74, 6) is -0.286. The van der Waals surface area contributed by atoms with Gasteiger partial charge in [-0.05, 0) is 80.1 Å². The predicted molar refractivity (Wildman–Crippen MR) is 151 cm³/mol. The van der Waals surface area contributed by atoms with Crippen LogP contribution in [0.25, 0.3) is 11.8 Å². The van der Waals surface area contributed by atoms with E-state index in [1.54, 1.807) is 25.3 Å². The number of hydrogen-bond acceptors (Lipinski definition) is 6. The lowest BCUT2D eigenvalue weighted by Gasteiger charge is -2.11. The van der Waals surface area contributed by atoms with Crippen LogP contribution in [0.2, 0.25) is 0 Å². The van der Waals surface area contributed by atoms with Gasteiger partial charge >= 0.3 is 5.97 Å². The van der Waals surface area contributed by atoms with Crippen molar-refractivity contribution in [2.45, 2.75) is 13.8 Å². The van der Waals surface area contributed by atoms with E-state index in [0.29, 0.717) is 5.56 Å². The molecule has 1 heterocycles. The summed E-state index contributed by atoms with van der Waals surface area (Å²) in [5, 5.41) is 1.07. The number of anilines is 1. The second kappa shape index (κ2) is 11.8. The van der Waals surface area contributed by atoms with Crippen molar-refractivity contribution in [1.29, 1.82) is 0 Å². The van der Waals surface area contributed by atoms with Crippen LogP contribution in [0.3, 0.4) is 0 Å². The third kappa shape index (κ3) is 6.82. The summed E-state index contributed by atoms with van der Waals surface area (Å²) < 4.78 is 39.5. The van der Waals surface area contributed by atoms with Gasteiger partial charge in [0.2, 0.25) is 5.78 Å². The molecule has 200 valence electrons.